The average molecular weight is 239 g/mol. The van der Waals surface area contributed by atoms with Gasteiger partial charge in [0.2, 0.25) is 0 Å². The van der Waals surface area contributed by atoms with Gasteiger partial charge in [-0.05, 0) is 24.1 Å². The van der Waals surface area contributed by atoms with Crippen LogP contribution in [0.5, 0.6) is 0 Å². The molecule has 1 aromatic carbocycles. The van der Waals surface area contributed by atoms with Crippen LogP contribution in [-0.4, -0.2) is 4.57 Å². The quantitative estimate of drug-likeness (QED) is 0.866. The first-order valence-electron chi connectivity index (χ1n) is 5.56. The molecule has 4 heteroatoms. The van der Waals surface area contributed by atoms with E-state index in [-0.39, 0.29) is 5.56 Å². The van der Waals surface area contributed by atoms with Gasteiger partial charge in [0.05, 0.1) is 23.9 Å². The molecule has 0 aliphatic rings. The fourth-order valence-corrected chi connectivity index (χ4v) is 1.76. The maximum Gasteiger partial charge on any atom is 0.251 e. The number of pyridine rings is 1. The maximum atomic E-state index is 11.8. The van der Waals surface area contributed by atoms with Crippen LogP contribution in [0.3, 0.4) is 0 Å². The van der Waals surface area contributed by atoms with Gasteiger partial charge in [0.15, 0.2) is 0 Å². The molecule has 0 saturated carbocycles. The summed E-state index contributed by atoms with van der Waals surface area (Å²) in [5, 5.41) is 9.00. The van der Waals surface area contributed by atoms with Crippen LogP contribution < -0.4 is 11.3 Å². The van der Waals surface area contributed by atoms with Crippen molar-refractivity contribution in [2.45, 2.75) is 13.5 Å². The van der Waals surface area contributed by atoms with Gasteiger partial charge in [-0.2, -0.15) is 5.26 Å². The van der Waals surface area contributed by atoms with Gasteiger partial charge in [0.1, 0.15) is 0 Å². The zero-order valence-electron chi connectivity index (χ0n) is 10.1. The Balaban J connectivity index is 2.44. The van der Waals surface area contributed by atoms with Crippen molar-refractivity contribution in [1.82, 2.24) is 4.57 Å². The van der Waals surface area contributed by atoms with E-state index in [4.69, 9.17) is 11.0 Å². The summed E-state index contributed by atoms with van der Waals surface area (Å²) in [6.45, 7) is 2.15. The van der Waals surface area contributed by atoms with Crippen LogP contribution in [0.4, 0.5) is 5.69 Å². The number of nitrogen functional groups attached to an aromatic ring is 1. The molecule has 0 fully saturated rings. The fraction of sp³-hybridized carbons (Fsp3) is 0.143. The highest BCUT2D eigenvalue weighted by molar-refractivity contribution is 5.44. The molecule has 1 aromatic heterocycles. The van der Waals surface area contributed by atoms with Crippen molar-refractivity contribution in [1.29, 1.82) is 5.26 Å². The molecule has 0 bridgehead atoms. The van der Waals surface area contributed by atoms with Gasteiger partial charge in [-0.3, -0.25) is 4.79 Å². The molecule has 0 amide bonds. The number of nitrogens with two attached hydrogens (primary N) is 1. The highest BCUT2D eigenvalue weighted by Gasteiger charge is 2.05. The molecule has 2 rings (SSSR count). The first-order chi connectivity index (χ1) is 8.61. The Morgan fingerprint density at radius 2 is 2.11 bits per heavy atom. The van der Waals surface area contributed by atoms with Gasteiger partial charge in [-0.25, -0.2) is 0 Å². The standard InChI is InChI=1S/C14H13N3O/c1-10-6-14(18)17(9-13(10)16)8-12-5-3-2-4-11(12)7-15/h2-6,9H,8,16H2,1H3. The number of nitriles is 1. The lowest BCUT2D eigenvalue weighted by Gasteiger charge is -2.09. The van der Waals surface area contributed by atoms with E-state index >= 15 is 0 Å². The second kappa shape index (κ2) is 4.76. The molecule has 18 heavy (non-hydrogen) atoms. The third-order valence-corrected chi connectivity index (χ3v) is 2.85. The minimum atomic E-state index is -0.116. The van der Waals surface area contributed by atoms with E-state index in [2.05, 4.69) is 6.07 Å². The van der Waals surface area contributed by atoms with Crippen molar-refractivity contribution >= 4 is 5.69 Å². The van der Waals surface area contributed by atoms with Gasteiger partial charge in [0, 0.05) is 12.3 Å². The zero-order chi connectivity index (χ0) is 13.1. The summed E-state index contributed by atoms with van der Waals surface area (Å²) in [5.41, 5.74) is 8.40. The monoisotopic (exact) mass is 239 g/mol. The zero-order valence-corrected chi connectivity index (χ0v) is 10.1. The Morgan fingerprint density at radius 3 is 2.83 bits per heavy atom. The van der Waals surface area contributed by atoms with Gasteiger partial charge in [0.25, 0.3) is 5.56 Å². The molecular formula is C14H13N3O. The first-order valence-corrected chi connectivity index (χ1v) is 5.56. The molecule has 0 radical (unpaired) electrons. The number of nitrogens with zero attached hydrogens (tertiary/aromatic N) is 2. The van der Waals surface area contributed by atoms with E-state index in [1.54, 1.807) is 25.3 Å². The Bertz CT molecular complexity index is 680. The fourth-order valence-electron chi connectivity index (χ4n) is 1.76. The van der Waals surface area contributed by atoms with E-state index in [1.807, 2.05) is 12.1 Å². The highest BCUT2D eigenvalue weighted by Crippen LogP contribution is 2.11. The minimum absolute atomic E-state index is 0.116. The second-order valence-electron chi connectivity index (χ2n) is 4.15. The normalized spacial score (nSPS) is 10.0. The van der Waals surface area contributed by atoms with Crippen molar-refractivity contribution in [3.05, 3.63) is 63.6 Å². The predicted octanol–water partition coefficient (Wildman–Crippen LogP) is 1.66. The number of aryl methyl sites for hydroxylation is 1. The van der Waals surface area contributed by atoms with E-state index in [0.29, 0.717) is 17.8 Å². The van der Waals surface area contributed by atoms with Crippen molar-refractivity contribution in [2.75, 3.05) is 5.73 Å². The van der Waals surface area contributed by atoms with Gasteiger partial charge in [-0.15, -0.1) is 0 Å². The third-order valence-electron chi connectivity index (χ3n) is 2.85. The Hall–Kier alpha value is -2.54. The summed E-state index contributed by atoms with van der Waals surface area (Å²) in [6.07, 6.45) is 1.62. The van der Waals surface area contributed by atoms with Crippen molar-refractivity contribution in [3.8, 4) is 6.07 Å². The van der Waals surface area contributed by atoms with E-state index in [0.717, 1.165) is 11.1 Å². The number of aromatic nitrogens is 1. The topological polar surface area (TPSA) is 71.8 Å². The van der Waals surface area contributed by atoms with Gasteiger partial charge < -0.3 is 10.3 Å². The van der Waals surface area contributed by atoms with Crippen LogP contribution in [0.1, 0.15) is 16.7 Å². The smallest absolute Gasteiger partial charge is 0.251 e. The molecule has 0 aliphatic heterocycles. The summed E-state index contributed by atoms with van der Waals surface area (Å²) >= 11 is 0. The molecule has 2 aromatic rings. The third kappa shape index (κ3) is 2.25. The number of benzene rings is 1. The number of rotatable bonds is 2. The molecule has 2 N–H and O–H groups in total. The van der Waals surface area contributed by atoms with Crippen LogP contribution in [-0.2, 0) is 6.54 Å². The first kappa shape index (κ1) is 11.9. The summed E-state index contributed by atoms with van der Waals surface area (Å²) < 4.78 is 1.51. The molecule has 1 heterocycles. The lowest BCUT2D eigenvalue weighted by molar-refractivity contribution is 0.757. The SMILES string of the molecule is Cc1cc(=O)n(Cc2ccccc2C#N)cc1N. The molecule has 0 unspecified atom stereocenters. The van der Waals surface area contributed by atoms with Crippen molar-refractivity contribution < 1.29 is 0 Å². The Labute approximate surface area is 105 Å². The molecule has 4 nitrogen and oxygen atoms in total. The molecule has 0 saturated heterocycles. The highest BCUT2D eigenvalue weighted by atomic mass is 16.1. The minimum Gasteiger partial charge on any atom is -0.397 e. The van der Waals surface area contributed by atoms with E-state index in [9.17, 15) is 4.79 Å². The van der Waals surface area contributed by atoms with Crippen LogP contribution in [0, 0.1) is 18.3 Å². The van der Waals surface area contributed by atoms with Crippen LogP contribution in [0.15, 0.2) is 41.3 Å². The lowest BCUT2D eigenvalue weighted by atomic mass is 10.1. The summed E-state index contributed by atoms with van der Waals surface area (Å²) in [5.74, 6) is 0. The summed E-state index contributed by atoms with van der Waals surface area (Å²) in [6, 6.07) is 10.8. The van der Waals surface area contributed by atoms with E-state index in [1.165, 1.54) is 10.6 Å². The molecular weight excluding hydrogens is 226 g/mol. The Kier molecular flexibility index (Phi) is 3.16. The largest absolute Gasteiger partial charge is 0.397 e. The van der Waals surface area contributed by atoms with Crippen LogP contribution in [0.2, 0.25) is 0 Å². The van der Waals surface area contributed by atoms with Crippen LogP contribution in [0.25, 0.3) is 0 Å². The molecule has 90 valence electrons. The molecule has 0 atom stereocenters. The van der Waals surface area contributed by atoms with Gasteiger partial charge in [-0.1, -0.05) is 18.2 Å². The number of anilines is 1. The second-order valence-corrected chi connectivity index (χ2v) is 4.15. The van der Waals surface area contributed by atoms with Crippen molar-refractivity contribution in [3.63, 3.8) is 0 Å². The maximum absolute atomic E-state index is 11.8. The number of hydrogen-bond acceptors (Lipinski definition) is 3. The van der Waals surface area contributed by atoms with Crippen molar-refractivity contribution in [2.24, 2.45) is 0 Å². The summed E-state index contributed by atoms with van der Waals surface area (Å²) in [4.78, 5) is 11.8. The predicted molar refractivity (Wildman–Crippen MR) is 70.1 cm³/mol. The van der Waals surface area contributed by atoms with Gasteiger partial charge >= 0.3 is 0 Å². The average Bonchev–Trinajstić information content (AvgIpc) is 2.36. The molecule has 0 aliphatic carbocycles. The molecule has 0 spiro atoms. The van der Waals surface area contributed by atoms with E-state index < -0.39 is 0 Å². The lowest BCUT2D eigenvalue weighted by Crippen LogP contribution is -2.21. The summed E-state index contributed by atoms with van der Waals surface area (Å²) in [7, 11) is 0. The number of hydrogen-bond donors (Lipinski definition) is 1. The van der Waals surface area contributed by atoms with Crippen LogP contribution >= 0.6 is 0 Å². The Morgan fingerprint density at radius 1 is 1.39 bits per heavy atom.